The second kappa shape index (κ2) is 8.42. The lowest BCUT2D eigenvalue weighted by Gasteiger charge is -2.16. The van der Waals surface area contributed by atoms with Gasteiger partial charge >= 0.3 is 10.2 Å². The summed E-state index contributed by atoms with van der Waals surface area (Å²) in [4.78, 5) is 12.6. The van der Waals surface area contributed by atoms with E-state index < -0.39 is 10.2 Å². The van der Waals surface area contributed by atoms with Crippen LogP contribution in [0.1, 0.15) is 12.8 Å². The Morgan fingerprint density at radius 1 is 1.07 bits per heavy atom. The summed E-state index contributed by atoms with van der Waals surface area (Å²) in [7, 11) is -2.39. The number of nitrogens with zero attached hydrogens (tertiary/aromatic N) is 3. The fraction of sp³-hybridized carbons (Fsp3) is 0.211. The van der Waals surface area contributed by atoms with Crippen molar-refractivity contribution >= 4 is 27.6 Å². The summed E-state index contributed by atoms with van der Waals surface area (Å²) in [6.45, 7) is 0. The number of halogens is 1. The molecule has 0 amide bonds. The van der Waals surface area contributed by atoms with Crippen LogP contribution in [0, 0.1) is 0 Å². The lowest BCUT2D eigenvalue weighted by atomic mass is 10.2. The number of ether oxygens (including phenoxy) is 2. The van der Waals surface area contributed by atoms with Crippen LogP contribution in [0.4, 0.5) is 5.82 Å². The van der Waals surface area contributed by atoms with Crippen molar-refractivity contribution < 1.29 is 17.9 Å². The average Bonchev–Trinajstić information content (AvgIpc) is 3.54. The molecular weight excluding hydrogens is 430 g/mol. The highest BCUT2D eigenvalue weighted by atomic mass is 35.5. The Bertz CT molecular complexity index is 1160. The van der Waals surface area contributed by atoms with Crippen LogP contribution in [0.15, 0.2) is 48.8 Å². The molecule has 1 aliphatic carbocycles. The summed E-state index contributed by atoms with van der Waals surface area (Å²) in [5.74, 6) is 0.856. The number of rotatable bonds is 8. The van der Waals surface area contributed by atoms with E-state index in [0.717, 1.165) is 12.8 Å². The summed E-state index contributed by atoms with van der Waals surface area (Å²) >= 11 is 6.39. The minimum absolute atomic E-state index is 0.0415. The van der Waals surface area contributed by atoms with Crippen LogP contribution in [0.2, 0.25) is 5.15 Å². The molecule has 0 spiro atoms. The smallest absolute Gasteiger partial charge is 0.300 e. The van der Waals surface area contributed by atoms with E-state index in [2.05, 4.69) is 24.4 Å². The van der Waals surface area contributed by atoms with Gasteiger partial charge in [-0.1, -0.05) is 23.7 Å². The standard InChI is InChI=1S/C19H18ClN5O4S/c1-28-14-4-2-3-5-15(14)29-16-17(20)22-18(12-8-10-21-11-9-12)23-19(16)25-30(26,27)24-13-6-7-13/h2-5,8-11,13,24H,6-7H2,1H3,(H,22,23,25). The molecule has 2 aromatic heterocycles. The number of aromatic nitrogens is 3. The van der Waals surface area contributed by atoms with E-state index in [9.17, 15) is 8.42 Å². The number of methoxy groups -OCH3 is 1. The molecule has 1 fully saturated rings. The molecule has 1 aliphatic rings. The maximum Gasteiger partial charge on any atom is 0.300 e. The van der Waals surface area contributed by atoms with Gasteiger partial charge in [-0.3, -0.25) is 9.71 Å². The van der Waals surface area contributed by atoms with E-state index >= 15 is 0 Å². The molecule has 2 N–H and O–H groups in total. The molecule has 0 unspecified atom stereocenters. The van der Waals surface area contributed by atoms with Crippen molar-refractivity contribution in [2.75, 3.05) is 11.8 Å². The monoisotopic (exact) mass is 447 g/mol. The number of hydrogen-bond donors (Lipinski definition) is 2. The van der Waals surface area contributed by atoms with Gasteiger partial charge in [0.2, 0.25) is 5.75 Å². The molecule has 0 radical (unpaired) electrons. The highest BCUT2D eigenvalue weighted by molar-refractivity contribution is 7.90. The summed E-state index contributed by atoms with van der Waals surface area (Å²) in [6.07, 6.45) is 4.73. The Hall–Kier alpha value is -2.95. The molecule has 4 rings (SSSR count). The fourth-order valence-corrected chi connectivity index (χ4v) is 3.94. The number of nitrogens with one attached hydrogen (secondary N) is 2. The van der Waals surface area contributed by atoms with Crippen molar-refractivity contribution in [1.29, 1.82) is 0 Å². The highest BCUT2D eigenvalue weighted by Gasteiger charge is 2.29. The zero-order chi connectivity index (χ0) is 21.1. The van der Waals surface area contributed by atoms with E-state index in [1.54, 1.807) is 48.8 Å². The quantitative estimate of drug-likeness (QED) is 0.508. The highest BCUT2D eigenvalue weighted by Crippen LogP contribution is 2.39. The molecular formula is C19H18ClN5O4S. The molecule has 9 nitrogen and oxygen atoms in total. The minimum Gasteiger partial charge on any atom is -0.493 e. The van der Waals surface area contributed by atoms with Gasteiger partial charge in [-0.05, 0) is 37.1 Å². The summed E-state index contributed by atoms with van der Waals surface area (Å²) in [5, 5.41) is -0.0631. The first-order valence-corrected chi connectivity index (χ1v) is 10.9. The minimum atomic E-state index is -3.89. The maximum absolute atomic E-state index is 12.5. The third-order valence-electron chi connectivity index (χ3n) is 4.17. The summed E-state index contributed by atoms with van der Waals surface area (Å²) in [6, 6.07) is 10.2. The van der Waals surface area contributed by atoms with Gasteiger partial charge in [0, 0.05) is 24.0 Å². The fourth-order valence-electron chi connectivity index (χ4n) is 2.60. The van der Waals surface area contributed by atoms with Crippen molar-refractivity contribution in [2.24, 2.45) is 0 Å². The predicted molar refractivity (Wildman–Crippen MR) is 112 cm³/mol. The van der Waals surface area contributed by atoms with Crippen LogP contribution < -0.4 is 18.9 Å². The number of pyridine rings is 1. The van der Waals surface area contributed by atoms with Gasteiger partial charge in [0.1, 0.15) is 0 Å². The zero-order valence-electron chi connectivity index (χ0n) is 15.9. The molecule has 0 saturated heterocycles. The largest absolute Gasteiger partial charge is 0.493 e. The van der Waals surface area contributed by atoms with Gasteiger partial charge in [0.15, 0.2) is 28.3 Å². The van der Waals surface area contributed by atoms with E-state index in [-0.39, 0.29) is 28.6 Å². The van der Waals surface area contributed by atoms with Gasteiger partial charge in [-0.2, -0.15) is 13.1 Å². The van der Waals surface area contributed by atoms with Gasteiger partial charge in [0.05, 0.1) is 7.11 Å². The van der Waals surface area contributed by atoms with E-state index in [4.69, 9.17) is 21.1 Å². The van der Waals surface area contributed by atoms with Crippen LogP contribution in [0.25, 0.3) is 11.4 Å². The van der Waals surface area contributed by atoms with Crippen LogP contribution >= 0.6 is 11.6 Å². The van der Waals surface area contributed by atoms with Gasteiger partial charge < -0.3 is 9.47 Å². The van der Waals surface area contributed by atoms with Crippen molar-refractivity contribution in [3.63, 3.8) is 0 Å². The van der Waals surface area contributed by atoms with Crippen LogP contribution in [-0.4, -0.2) is 36.5 Å². The third-order valence-corrected chi connectivity index (χ3v) is 5.54. The molecule has 0 atom stereocenters. The van der Waals surface area contributed by atoms with Crippen molar-refractivity contribution in [3.8, 4) is 28.6 Å². The number of benzene rings is 1. The van der Waals surface area contributed by atoms with Crippen LogP contribution in [0.3, 0.4) is 0 Å². The second-order valence-corrected chi connectivity index (χ2v) is 8.31. The predicted octanol–water partition coefficient (Wildman–Crippen LogP) is 3.40. The van der Waals surface area contributed by atoms with Crippen molar-refractivity contribution in [1.82, 2.24) is 19.7 Å². The molecule has 0 bridgehead atoms. The Morgan fingerprint density at radius 2 is 1.77 bits per heavy atom. The summed E-state index contributed by atoms with van der Waals surface area (Å²) in [5.41, 5.74) is 0.617. The SMILES string of the molecule is COc1ccccc1Oc1c(Cl)nc(-c2ccncc2)nc1NS(=O)(=O)NC1CC1. The number of hydrogen-bond acceptors (Lipinski definition) is 7. The summed E-state index contributed by atoms with van der Waals surface area (Å²) < 4.78 is 41.1. The lowest BCUT2D eigenvalue weighted by Crippen LogP contribution is -2.32. The first-order chi connectivity index (χ1) is 14.4. The third kappa shape index (κ3) is 4.78. The lowest BCUT2D eigenvalue weighted by molar-refractivity contribution is 0.378. The molecule has 1 saturated carbocycles. The first kappa shape index (κ1) is 20.3. The Balaban J connectivity index is 1.77. The molecule has 2 heterocycles. The second-order valence-electron chi connectivity index (χ2n) is 6.50. The Labute approximate surface area is 178 Å². The zero-order valence-corrected chi connectivity index (χ0v) is 17.4. The topological polar surface area (TPSA) is 115 Å². The molecule has 156 valence electrons. The number of anilines is 1. The van der Waals surface area contributed by atoms with Gasteiger partial charge in [0.25, 0.3) is 0 Å². The molecule has 0 aliphatic heterocycles. The molecule has 30 heavy (non-hydrogen) atoms. The van der Waals surface area contributed by atoms with Gasteiger partial charge in [-0.25, -0.2) is 9.97 Å². The van der Waals surface area contributed by atoms with E-state index in [0.29, 0.717) is 17.1 Å². The normalized spacial score (nSPS) is 13.7. The van der Waals surface area contributed by atoms with Crippen LogP contribution in [-0.2, 0) is 10.2 Å². The first-order valence-electron chi connectivity index (χ1n) is 9.04. The molecule has 1 aromatic carbocycles. The van der Waals surface area contributed by atoms with E-state index in [1.165, 1.54) is 7.11 Å². The maximum atomic E-state index is 12.5. The van der Waals surface area contributed by atoms with E-state index in [1.807, 2.05) is 0 Å². The number of para-hydroxylation sites is 2. The van der Waals surface area contributed by atoms with Crippen molar-refractivity contribution in [3.05, 3.63) is 53.9 Å². The Kier molecular flexibility index (Phi) is 5.71. The Morgan fingerprint density at radius 3 is 2.43 bits per heavy atom. The molecule has 3 aromatic rings. The van der Waals surface area contributed by atoms with Crippen molar-refractivity contribution in [2.45, 2.75) is 18.9 Å². The molecule has 11 heteroatoms. The van der Waals surface area contributed by atoms with Gasteiger partial charge in [-0.15, -0.1) is 0 Å². The average molecular weight is 448 g/mol. The van der Waals surface area contributed by atoms with Crippen LogP contribution in [0.5, 0.6) is 17.2 Å².